The smallest absolute Gasteiger partial charge is 0.109 e. The highest BCUT2D eigenvalue weighted by Gasteiger charge is 1.89. The zero-order valence-corrected chi connectivity index (χ0v) is 7.62. The van der Waals surface area contributed by atoms with E-state index in [9.17, 15) is 0 Å². The summed E-state index contributed by atoms with van der Waals surface area (Å²) in [7, 11) is 0. The first-order valence-corrected chi connectivity index (χ1v) is 4.09. The van der Waals surface area contributed by atoms with Gasteiger partial charge in [-0.05, 0) is 12.5 Å². The monoisotopic (exact) mass is 178 g/mol. The molecule has 0 fully saturated rings. The van der Waals surface area contributed by atoms with Crippen molar-refractivity contribution < 1.29 is 0 Å². The van der Waals surface area contributed by atoms with E-state index in [0.717, 1.165) is 5.84 Å². The summed E-state index contributed by atoms with van der Waals surface area (Å²) in [6, 6.07) is 10.0. The SMILES string of the molecule is CC(=NCc1ccccc1)NNN. The lowest BCUT2D eigenvalue weighted by atomic mass is 10.2. The quantitative estimate of drug-likeness (QED) is 0.274. The van der Waals surface area contributed by atoms with E-state index < -0.39 is 0 Å². The summed E-state index contributed by atoms with van der Waals surface area (Å²) >= 11 is 0. The van der Waals surface area contributed by atoms with Gasteiger partial charge in [-0.2, -0.15) is 5.53 Å². The fraction of sp³-hybridized carbons (Fsp3) is 0.222. The van der Waals surface area contributed by atoms with E-state index in [1.807, 2.05) is 37.3 Å². The maximum Gasteiger partial charge on any atom is 0.109 e. The maximum absolute atomic E-state index is 5.06. The molecule has 0 aliphatic rings. The third kappa shape index (κ3) is 3.68. The lowest BCUT2D eigenvalue weighted by molar-refractivity contribution is 0.689. The molecular weight excluding hydrogens is 164 g/mol. The Hall–Kier alpha value is -1.39. The van der Waals surface area contributed by atoms with Gasteiger partial charge in [-0.3, -0.25) is 16.3 Å². The van der Waals surface area contributed by atoms with E-state index in [2.05, 4.69) is 16.0 Å². The Morgan fingerprint density at radius 3 is 2.69 bits per heavy atom. The zero-order chi connectivity index (χ0) is 9.52. The molecule has 1 rings (SSSR count). The highest BCUT2D eigenvalue weighted by Crippen LogP contribution is 1.99. The Morgan fingerprint density at radius 1 is 1.38 bits per heavy atom. The molecule has 0 saturated carbocycles. The second-order valence-electron chi connectivity index (χ2n) is 2.66. The number of hydrogen-bond acceptors (Lipinski definition) is 3. The Labute approximate surface area is 77.8 Å². The lowest BCUT2D eigenvalue weighted by Gasteiger charge is -2.02. The van der Waals surface area contributed by atoms with Gasteiger partial charge in [0.25, 0.3) is 0 Å². The van der Waals surface area contributed by atoms with Crippen LogP contribution in [0.2, 0.25) is 0 Å². The Balaban J connectivity index is 2.47. The summed E-state index contributed by atoms with van der Waals surface area (Å²) in [5.74, 6) is 5.83. The van der Waals surface area contributed by atoms with Crippen LogP contribution in [0.25, 0.3) is 0 Å². The van der Waals surface area contributed by atoms with Crippen LogP contribution >= 0.6 is 0 Å². The van der Waals surface area contributed by atoms with Gasteiger partial charge >= 0.3 is 0 Å². The third-order valence-electron chi connectivity index (χ3n) is 1.59. The first-order valence-electron chi connectivity index (χ1n) is 4.09. The molecule has 0 aliphatic heterocycles. The molecule has 0 saturated heterocycles. The molecule has 0 radical (unpaired) electrons. The van der Waals surface area contributed by atoms with Crippen molar-refractivity contribution in [2.24, 2.45) is 10.8 Å². The van der Waals surface area contributed by atoms with Crippen molar-refractivity contribution in [1.29, 1.82) is 0 Å². The van der Waals surface area contributed by atoms with Gasteiger partial charge in [-0.15, -0.1) is 0 Å². The third-order valence-corrected chi connectivity index (χ3v) is 1.59. The number of nitrogens with one attached hydrogen (secondary N) is 2. The fourth-order valence-electron chi connectivity index (χ4n) is 0.937. The number of hydrogen-bond donors (Lipinski definition) is 3. The van der Waals surface area contributed by atoms with E-state index >= 15 is 0 Å². The summed E-state index contributed by atoms with van der Waals surface area (Å²) in [6.45, 7) is 2.52. The predicted molar refractivity (Wildman–Crippen MR) is 53.7 cm³/mol. The zero-order valence-electron chi connectivity index (χ0n) is 7.62. The Kier molecular flexibility index (Phi) is 3.95. The number of hydrazine groups is 2. The standard InChI is InChI=1S/C9H14N4/c1-8(12-13-10)11-7-9-5-3-2-4-6-9/h2-6,13H,7,10H2,1H3,(H,11,12). The lowest BCUT2D eigenvalue weighted by Crippen LogP contribution is -2.40. The topological polar surface area (TPSA) is 62.4 Å². The maximum atomic E-state index is 5.06. The molecule has 4 heteroatoms. The minimum absolute atomic E-state index is 0.668. The molecule has 0 aromatic heterocycles. The fourth-order valence-corrected chi connectivity index (χ4v) is 0.937. The van der Waals surface area contributed by atoms with Gasteiger partial charge in [0.15, 0.2) is 0 Å². The molecule has 0 atom stereocenters. The van der Waals surface area contributed by atoms with Crippen molar-refractivity contribution in [1.82, 2.24) is 11.0 Å². The van der Waals surface area contributed by atoms with Crippen LogP contribution < -0.4 is 16.8 Å². The van der Waals surface area contributed by atoms with Gasteiger partial charge in [0.2, 0.25) is 0 Å². The number of amidine groups is 1. The van der Waals surface area contributed by atoms with Crippen LogP contribution in [0.4, 0.5) is 0 Å². The largest absolute Gasteiger partial charge is 0.296 e. The first kappa shape index (κ1) is 9.70. The predicted octanol–water partition coefficient (Wildman–Crippen LogP) is 0.573. The van der Waals surface area contributed by atoms with Crippen LogP contribution in [-0.2, 0) is 6.54 Å². The summed E-state index contributed by atoms with van der Waals surface area (Å²) in [5.41, 5.74) is 6.20. The molecule has 1 aromatic rings. The Bertz CT molecular complexity index is 268. The summed E-state index contributed by atoms with van der Waals surface area (Å²) in [6.07, 6.45) is 0. The molecule has 1 aromatic carbocycles. The van der Waals surface area contributed by atoms with Gasteiger partial charge in [-0.25, -0.2) is 0 Å². The van der Waals surface area contributed by atoms with Crippen molar-refractivity contribution >= 4 is 5.84 Å². The van der Waals surface area contributed by atoms with Crippen LogP contribution in [0.5, 0.6) is 0 Å². The number of nitrogens with zero attached hydrogens (tertiary/aromatic N) is 1. The highest BCUT2D eigenvalue weighted by atomic mass is 15.5. The normalized spacial score (nSPS) is 11.4. The summed E-state index contributed by atoms with van der Waals surface area (Å²) < 4.78 is 0. The van der Waals surface area contributed by atoms with E-state index in [1.165, 1.54) is 5.56 Å². The summed E-state index contributed by atoms with van der Waals surface area (Å²) in [5, 5.41) is 0. The van der Waals surface area contributed by atoms with Gasteiger partial charge in [0, 0.05) is 0 Å². The van der Waals surface area contributed by atoms with Crippen molar-refractivity contribution in [3.8, 4) is 0 Å². The van der Waals surface area contributed by atoms with Gasteiger partial charge in [0.05, 0.1) is 6.54 Å². The van der Waals surface area contributed by atoms with Crippen molar-refractivity contribution in [2.75, 3.05) is 0 Å². The van der Waals surface area contributed by atoms with E-state index in [1.54, 1.807) is 0 Å². The second-order valence-corrected chi connectivity index (χ2v) is 2.66. The Morgan fingerprint density at radius 2 is 2.08 bits per heavy atom. The molecule has 0 heterocycles. The van der Waals surface area contributed by atoms with Gasteiger partial charge < -0.3 is 0 Å². The molecule has 4 N–H and O–H groups in total. The average molecular weight is 178 g/mol. The number of nitrogens with two attached hydrogens (primary N) is 1. The molecule has 0 amide bonds. The van der Waals surface area contributed by atoms with Crippen LogP contribution in [0.1, 0.15) is 12.5 Å². The van der Waals surface area contributed by atoms with Crippen LogP contribution in [0.3, 0.4) is 0 Å². The van der Waals surface area contributed by atoms with Crippen molar-refractivity contribution in [3.63, 3.8) is 0 Å². The van der Waals surface area contributed by atoms with Crippen molar-refractivity contribution in [3.05, 3.63) is 35.9 Å². The van der Waals surface area contributed by atoms with Crippen LogP contribution in [0, 0.1) is 0 Å². The van der Waals surface area contributed by atoms with E-state index in [0.29, 0.717) is 6.54 Å². The molecule has 13 heavy (non-hydrogen) atoms. The highest BCUT2D eigenvalue weighted by molar-refractivity contribution is 5.78. The molecule has 0 bridgehead atoms. The van der Waals surface area contributed by atoms with Crippen molar-refractivity contribution in [2.45, 2.75) is 13.5 Å². The van der Waals surface area contributed by atoms with Crippen LogP contribution in [-0.4, -0.2) is 5.84 Å². The second kappa shape index (κ2) is 5.29. The average Bonchev–Trinajstić information content (AvgIpc) is 2.17. The molecule has 70 valence electrons. The number of rotatable bonds is 3. The number of aliphatic imine (C=N–C) groups is 1. The van der Waals surface area contributed by atoms with Gasteiger partial charge in [-0.1, -0.05) is 30.3 Å². The molecule has 4 nitrogen and oxygen atoms in total. The molecule has 0 spiro atoms. The van der Waals surface area contributed by atoms with Gasteiger partial charge in [0.1, 0.15) is 5.84 Å². The molecule has 0 unspecified atom stereocenters. The number of benzene rings is 1. The van der Waals surface area contributed by atoms with Crippen LogP contribution in [0.15, 0.2) is 35.3 Å². The minimum atomic E-state index is 0.668. The summed E-state index contributed by atoms with van der Waals surface area (Å²) in [4.78, 5) is 4.25. The molecular formula is C9H14N4. The minimum Gasteiger partial charge on any atom is -0.296 e. The molecule has 0 aliphatic carbocycles. The van der Waals surface area contributed by atoms with E-state index in [-0.39, 0.29) is 0 Å². The van der Waals surface area contributed by atoms with E-state index in [4.69, 9.17) is 5.84 Å². The first-order chi connectivity index (χ1) is 6.33.